The number of piperazine rings is 1. The Kier molecular flexibility index (Phi) is 14.9. The molecule has 1 unspecified atom stereocenters. The van der Waals surface area contributed by atoms with Crippen LogP contribution >= 0.6 is 0 Å². The fraction of sp³-hybridized carbons (Fsp3) is 0.222. The van der Waals surface area contributed by atoms with E-state index in [1.165, 1.54) is 0 Å². The van der Waals surface area contributed by atoms with E-state index in [9.17, 15) is 10.2 Å². The molecule has 15 heteroatoms. The molecule has 0 amide bonds. The second-order valence-electron chi connectivity index (χ2n) is 17.2. The third-order valence-electron chi connectivity index (χ3n) is 12.6. The molecule has 0 aliphatic carbocycles. The lowest BCUT2D eigenvalue weighted by Gasteiger charge is -2.44. The van der Waals surface area contributed by atoms with E-state index in [2.05, 4.69) is 56.8 Å². The Labute approximate surface area is 401 Å². The summed E-state index contributed by atoms with van der Waals surface area (Å²) in [5.41, 5.74) is 11.6. The van der Waals surface area contributed by atoms with Crippen LogP contribution in [0, 0.1) is 0 Å². The van der Waals surface area contributed by atoms with Crippen molar-refractivity contribution in [1.29, 1.82) is 0 Å². The first kappa shape index (κ1) is 46.6. The average molecular weight is 928 g/mol. The predicted molar refractivity (Wildman–Crippen MR) is 266 cm³/mol. The maximum absolute atomic E-state index is 10.9. The molecule has 1 aliphatic heterocycles. The zero-order valence-corrected chi connectivity index (χ0v) is 38.3. The zero-order valence-electron chi connectivity index (χ0n) is 38.3. The first-order valence-electron chi connectivity index (χ1n) is 23.0. The molecule has 6 aromatic carbocycles. The number of aromatic nitrogens is 4. The number of phenolic OH excluding ortho intramolecular Hbond substituents is 2. The number of benzene rings is 6. The summed E-state index contributed by atoms with van der Waals surface area (Å²) in [7, 11) is 0. The normalized spacial score (nSPS) is 13.8. The van der Waals surface area contributed by atoms with Gasteiger partial charge < -0.3 is 43.6 Å². The van der Waals surface area contributed by atoms with E-state index >= 15 is 0 Å². The van der Waals surface area contributed by atoms with E-state index in [0.717, 1.165) is 99.3 Å². The van der Waals surface area contributed by atoms with Gasteiger partial charge in [0.05, 0.1) is 43.0 Å². The molecule has 0 bridgehead atoms. The van der Waals surface area contributed by atoms with Crippen molar-refractivity contribution in [3.63, 3.8) is 0 Å². The number of ether oxygens (including phenoxy) is 1. The van der Waals surface area contributed by atoms with Gasteiger partial charge in [0.15, 0.2) is 0 Å². The van der Waals surface area contributed by atoms with Gasteiger partial charge in [-0.25, -0.2) is 27.7 Å². The summed E-state index contributed by atoms with van der Waals surface area (Å²) in [6.45, 7) is 4.35. The van der Waals surface area contributed by atoms with Gasteiger partial charge in [-0.15, -0.1) is 0 Å². The highest BCUT2D eigenvalue weighted by Gasteiger charge is 2.28. The number of imidazole rings is 2. The fourth-order valence-corrected chi connectivity index (χ4v) is 9.28. The smallest absolute Gasteiger partial charge is 0.129 e. The number of hydrogen-bond donors (Lipinski definition) is 5. The Morgan fingerprint density at radius 2 is 1.29 bits per heavy atom. The van der Waals surface area contributed by atoms with Gasteiger partial charge in [0.25, 0.3) is 0 Å². The number of rotatable bonds is 20. The summed E-state index contributed by atoms with van der Waals surface area (Å²) < 4.78 is 10.6. The minimum absolute atomic E-state index is 0.111. The monoisotopic (exact) mass is 927 g/mol. The molecule has 1 fully saturated rings. The molecule has 3 heterocycles. The van der Waals surface area contributed by atoms with E-state index in [4.69, 9.17) is 46.9 Å². The quantitative estimate of drug-likeness (QED) is 0.0460. The van der Waals surface area contributed by atoms with E-state index in [1.807, 2.05) is 89.8 Å². The first-order chi connectivity index (χ1) is 33.8. The molecule has 1 atom stereocenters. The molecule has 8 aromatic rings. The van der Waals surface area contributed by atoms with Gasteiger partial charge >= 0.3 is 0 Å². The zero-order chi connectivity index (χ0) is 47.5. The number of phenols is 2. The van der Waals surface area contributed by atoms with Crippen molar-refractivity contribution in [2.24, 2.45) is 17.7 Å². The molecular formula is C54H57N9O6. The van der Waals surface area contributed by atoms with Crippen LogP contribution in [0.25, 0.3) is 22.4 Å². The molecular weight excluding hydrogens is 871 g/mol. The molecule has 0 spiro atoms. The predicted octanol–water partition coefficient (Wildman–Crippen LogP) is 8.10. The minimum atomic E-state index is 0.111. The van der Waals surface area contributed by atoms with Gasteiger partial charge in [-0.05, 0) is 101 Å². The topological polar surface area (TPSA) is 198 Å². The van der Waals surface area contributed by atoms with Crippen molar-refractivity contribution < 1.29 is 29.5 Å². The Hall–Kier alpha value is -7.50. The van der Waals surface area contributed by atoms with Crippen LogP contribution in [0.5, 0.6) is 23.0 Å². The maximum atomic E-state index is 10.9. The number of aromatic hydroxyl groups is 2. The number of nitrogens with zero attached hydrogens (tertiary/aromatic N) is 6. The molecule has 1 saturated heterocycles. The van der Waals surface area contributed by atoms with Gasteiger partial charge in [-0.1, -0.05) is 72.8 Å². The SMILES string of the molecule is NOCCc1c(-c2ccccc2)ncn1Cc1cc(O)cc(-c2ccc(N3CCN(c4cccc(Oc5cccc(Cc6ncn(Cc7cccc(O)c7)c6CON)c5)c4)C(CCON)C3)cc2)c1. The van der Waals surface area contributed by atoms with E-state index in [0.29, 0.717) is 44.9 Å². The van der Waals surface area contributed by atoms with Gasteiger partial charge in [-0.3, -0.25) is 4.84 Å². The lowest BCUT2D eigenvalue weighted by atomic mass is 10.0. The van der Waals surface area contributed by atoms with Crippen LogP contribution in [0.1, 0.15) is 40.2 Å². The maximum Gasteiger partial charge on any atom is 0.129 e. The van der Waals surface area contributed by atoms with Gasteiger partial charge in [0, 0.05) is 80.3 Å². The first-order valence-corrected chi connectivity index (χ1v) is 23.0. The Morgan fingerprint density at radius 1 is 0.565 bits per heavy atom. The van der Waals surface area contributed by atoms with E-state index in [1.54, 1.807) is 30.6 Å². The van der Waals surface area contributed by atoms with Gasteiger partial charge in [0.2, 0.25) is 0 Å². The van der Waals surface area contributed by atoms with Gasteiger partial charge in [-0.2, -0.15) is 0 Å². The summed E-state index contributed by atoms with van der Waals surface area (Å²) in [5, 5.41) is 20.9. The van der Waals surface area contributed by atoms with Crippen LogP contribution < -0.4 is 32.2 Å². The standard InChI is InChI=1S/C54H57N9O6/c55-66-23-19-46-34-60(44-17-15-41(16-18-44)43-25-40(27-48(65)30-43)33-61-37-59-54(52(61)20-24-67-56)42-9-2-1-3-10-42)21-22-63(46)45-11-6-14-50(31-45)69-49-13-5-7-38(28-49)29-51-53(35-68-57)62(36-58-51)32-39-8-4-12-47(64)26-39/h1-18,25-28,30-31,36-37,46,64-65H,19-24,29,32-35,55-57H2. The lowest BCUT2D eigenvalue weighted by molar-refractivity contribution is 0.118. The van der Waals surface area contributed by atoms with Crippen molar-refractivity contribution in [3.8, 4) is 45.4 Å². The molecule has 69 heavy (non-hydrogen) atoms. The van der Waals surface area contributed by atoms with Crippen LogP contribution in [0.4, 0.5) is 11.4 Å². The van der Waals surface area contributed by atoms with Gasteiger partial charge in [0.1, 0.15) is 29.6 Å². The van der Waals surface area contributed by atoms with Crippen LogP contribution in [-0.4, -0.2) is 68.2 Å². The Morgan fingerprint density at radius 3 is 2.09 bits per heavy atom. The molecule has 8 N–H and O–H groups in total. The van der Waals surface area contributed by atoms with Crippen molar-refractivity contribution in [3.05, 3.63) is 192 Å². The van der Waals surface area contributed by atoms with Crippen molar-refractivity contribution >= 4 is 11.4 Å². The Balaban J connectivity index is 0.861. The van der Waals surface area contributed by atoms with Crippen molar-refractivity contribution in [2.75, 3.05) is 42.6 Å². The number of hydrogen-bond acceptors (Lipinski definition) is 13. The summed E-state index contributed by atoms with van der Waals surface area (Å²) in [5.74, 6) is 18.4. The largest absolute Gasteiger partial charge is 0.508 e. The van der Waals surface area contributed by atoms with Crippen LogP contribution in [-0.2, 0) is 47.1 Å². The number of anilines is 2. The second-order valence-corrected chi connectivity index (χ2v) is 17.2. The summed E-state index contributed by atoms with van der Waals surface area (Å²) in [6, 6.07) is 47.8. The molecule has 354 valence electrons. The Bertz CT molecular complexity index is 2940. The lowest BCUT2D eigenvalue weighted by Crippen LogP contribution is -2.54. The van der Waals surface area contributed by atoms with Crippen molar-refractivity contribution in [2.45, 2.75) is 45.0 Å². The van der Waals surface area contributed by atoms with Crippen molar-refractivity contribution in [1.82, 2.24) is 19.1 Å². The molecule has 0 saturated carbocycles. The summed E-state index contributed by atoms with van der Waals surface area (Å²) in [6.07, 6.45) is 5.49. The second kappa shape index (κ2) is 22.1. The molecule has 2 aromatic heterocycles. The summed E-state index contributed by atoms with van der Waals surface area (Å²) in [4.78, 5) is 29.4. The minimum Gasteiger partial charge on any atom is -0.508 e. The van der Waals surface area contributed by atoms with Crippen LogP contribution in [0.3, 0.4) is 0 Å². The number of nitrogens with two attached hydrogens (primary N) is 3. The van der Waals surface area contributed by atoms with Crippen LogP contribution in [0.2, 0.25) is 0 Å². The average Bonchev–Trinajstić information content (AvgIpc) is 3.94. The third kappa shape index (κ3) is 11.4. The highest BCUT2D eigenvalue weighted by molar-refractivity contribution is 5.69. The highest BCUT2D eigenvalue weighted by atomic mass is 16.6. The fourth-order valence-electron chi connectivity index (χ4n) is 9.28. The van der Waals surface area contributed by atoms with E-state index < -0.39 is 0 Å². The third-order valence-corrected chi connectivity index (χ3v) is 12.6. The highest BCUT2D eigenvalue weighted by Crippen LogP contribution is 2.34. The van der Waals surface area contributed by atoms with Crippen LogP contribution in [0.15, 0.2) is 158 Å². The summed E-state index contributed by atoms with van der Waals surface area (Å²) >= 11 is 0. The molecule has 9 rings (SSSR count). The molecule has 0 radical (unpaired) electrons. The molecule has 15 nitrogen and oxygen atoms in total. The van der Waals surface area contributed by atoms with E-state index in [-0.39, 0.29) is 24.1 Å². The molecule has 1 aliphatic rings.